The molecule has 0 bridgehead atoms. The van der Waals surface area contributed by atoms with Crippen LogP contribution in [0.25, 0.3) is 10.9 Å². The summed E-state index contributed by atoms with van der Waals surface area (Å²) >= 11 is 0. The zero-order valence-corrected chi connectivity index (χ0v) is 8.48. The lowest BCUT2D eigenvalue weighted by atomic mass is 10.2. The topological polar surface area (TPSA) is 28.7 Å². The van der Waals surface area contributed by atoms with Crippen LogP contribution < -0.4 is 0 Å². The molecule has 0 radical (unpaired) electrons. The van der Waals surface area contributed by atoms with Gasteiger partial charge in [-0.3, -0.25) is 0 Å². The maximum absolute atomic E-state index is 8.83. The highest BCUT2D eigenvalue weighted by molar-refractivity contribution is 5.81. The highest BCUT2D eigenvalue weighted by atomic mass is 14.9. The number of hydrogen-bond acceptors (Lipinski definition) is 1. The molecule has 0 aliphatic rings. The summed E-state index contributed by atoms with van der Waals surface area (Å²) in [5.74, 6) is 0. The van der Waals surface area contributed by atoms with Gasteiger partial charge in [0.15, 0.2) is 0 Å². The predicted octanol–water partition coefficient (Wildman–Crippen LogP) is 3.09. The van der Waals surface area contributed by atoms with Gasteiger partial charge < -0.3 is 4.57 Å². The molecule has 2 nitrogen and oxygen atoms in total. The SMILES string of the molecule is C=CCCn1ccc2ccc(C#N)cc21. The van der Waals surface area contributed by atoms with Crippen molar-refractivity contribution in [2.75, 3.05) is 0 Å². The molecule has 0 amide bonds. The zero-order chi connectivity index (χ0) is 10.7. The van der Waals surface area contributed by atoms with Gasteiger partial charge in [-0.25, -0.2) is 0 Å². The van der Waals surface area contributed by atoms with Crippen molar-refractivity contribution in [3.8, 4) is 6.07 Å². The molecule has 0 unspecified atom stereocenters. The largest absolute Gasteiger partial charge is 0.347 e. The van der Waals surface area contributed by atoms with Crippen LogP contribution in [-0.4, -0.2) is 4.57 Å². The number of aryl methyl sites for hydroxylation is 1. The van der Waals surface area contributed by atoms with Crippen molar-refractivity contribution in [1.82, 2.24) is 4.57 Å². The Morgan fingerprint density at radius 3 is 3.00 bits per heavy atom. The summed E-state index contributed by atoms with van der Waals surface area (Å²) in [5.41, 5.74) is 1.83. The Morgan fingerprint density at radius 2 is 2.27 bits per heavy atom. The molecule has 2 rings (SSSR count). The summed E-state index contributed by atoms with van der Waals surface area (Å²) < 4.78 is 2.15. The molecule has 0 N–H and O–H groups in total. The van der Waals surface area contributed by atoms with Crippen LogP contribution in [0.15, 0.2) is 43.1 Å². The Balaban J connectivity index is 2.47. The molecule has 0 saturated carbocycles. The molecule has 0 atom stereocenters. The minimum absolute atomic E-state index is 0.709. The van der Waals surface area contributed by atoms with Gasteiger partial charge in [-0.1, -0.05) is 12.1 Å². The number of benzene rings is 1. The molecule has 1 aromatic heterocycles. The van der Waals surface area contributed by atoms with Gasteiger partial charge >= 0.3 is 0 Å². The number of nitriles is 1. The van der Waals surface area contributed by atoms with Crippen LogP contribution in [0.4, 0.5) is 0 Å². The normalized spacial score (nSPS) is 10.1. The van der Waals surface area contributed by atoms with E-state index in [1.165, 1.54) is 5.39 Å². The first-order valence-corrected chi connectivity index (χ1v) is 4.95. The molecule has 0 aliphatic carbocycles. The van der Waals surface area contributed by atoms with Crippen LogP contribution in [0.1, 0.15) is 12.0 Å². The van der Waals surface area contributed by atoms with Crippen LogP contribution in [0, 0.1) is 11.3 Å². The van der Waals surface area contributed by atoms with Gasteiger partial charge in [-0.05, 0) is 30.0 Å². The number of allylic oxidation sites excluding steroid dienone is 1. The molecule has 1 aromatic carbocycles. The van der Waals surface area contributed by atoms with Crippen LogP contribution in [-0.2, 0) is 6.54 Å². The second kappa shape index (κ2) is 4.02. The third-order valence-corrected chi connectivity index (χ3v) is 2.48. The lowest BCUT2D eigenvalue weighted by Crippen LogP contribution is -1.94. The second-order valence-corrected chi connectivity index (χ2v) is 3.47. The average Bonchev–Trinajstić information content (AvgIpc) is 2.68. The number of fused-ring (bicyclic) bond motifs is 1. The number of rotatable bonds is 3. The molecular formula is C13H12N2. The van der Waals surface area contributed by atoms with Gasteiger partial charge in [0.1, 0.15) is 0 Å². The molecule has 15 heavy (non-hydrogen) atoms. The molecule has 1 heterocycles. The monoisotopic (exact) mass is 196 g/mol. The van der Waals surface area contributed by atoms with E-state index in [4.69, 9.17) is 5.26 Å². The summed E-state index contributed by atoms with van der Waals surface area (Å²) in [6.07, 6.45) is 4.90. The molecule has 0 saturated heterocycles. The van der Waals surface area contributed by atoms with Gasteiger partial charge in [0.2, 0.25) is 0 Å². The molecule has 2 aromatic rings. The Kier molecular flexibility index (Phi) is 2.55. The van der Waals surface area contributed by atoms with E-state index in [0.717, 1.165) is 18.5 Å². The molecule has 74 valence electrons. The third-order valence-electron chi connectivity index (χ3n) is 2.48. The third kappa shape index (κ3) is 1.77. The summed E-state index contributed by atoms with van der Waals surface area (Å²) in [4.78, 5) is 0. The zero-order valence-electron chi connectivity index (χ0n) is 8.48. The molecule has 2 heteroatoms. The van der Waals surface area contributed by atoms with Gasteiger partial charge in [-0.2, -0.15) is 5.26 Å². The first kappa shape index (κ1) is 9.54. The fourth-order valence-electron chi connectivity index (χ4n) is 1.68. The Bertz CT molecular complexity index is 529. The van der Waals surface area contributed by atoms with E-state index < -0.39 is 0 Å². The van der Waals surface area contributed by atoms with E-state index in [9.17, 15) is 0 Å². The van der Waals surface area contributed by atoms with Crippen LogP contribution in [0.5, 0.6) is 0 Å². The minimum Gasteiger partial charge on any atom is -0.347 e. The Morgan fingerprint density at radius 1 is 1.40 bits per heavy atom. The molecule has 0 spiro atoms. The first-order chi connectivity index (χ1) is 7.35. The number of hydrogen-bond donors (Lipinski definition) is 0. The quantitative estimate of drug-likeness (QED) is 0.693. The van der Waals surface area contributed by atoms with Crippen molar-refractivity contribution in [3.63, 3.8) is 0 Å². The smallest absolute Gasteiger partial charge is 0.0992 e. The van der Waals surface area contributed by atoms with E-state index in [-0.39, 0.29) is 0 Å². The average molecular weight is 196 g/mol. The van der Waals surface area contributed by atoms with Crippen molar-refractivity contribution in [2.24, 2.45) is 0 Å². The van der Waals surface area contributed by atoms with Crippen molar-refractivity contribution in [1.29, 1.82) is 5.26 Å². The summed E-state index contributed by atoms with van der Waals surface area (Å²) in [6.45, 7) is 4.63. The molecule has 0 aliphatic heterocycles. The van der Waals surface area contributed by atoms with E-state index in [1.54, 1.807) is 0 Å². The van der Waals surface area contributed by atoms with Crippen molar-refractivity contribution in [3.05, 3.63) is 48.7 Å². The van der Waals surface area contributed by atoms with Crippen LogP contribution >= 0.6 is 0 Å². The highest BCUT2D eigenvalue weighted by Crippen LogP contribution is 2.17. The fourth-order valence-corrected chi connectivity index (χ4v) is 1.68. The van der Waals surface area contributed by atoms with E-state index in [1.807, 2.05) is 24.3 Å². The van der Waals surface area contributed by atoms with Crippen molar-refractivity contribution >= 4 is 10.9 Å². The second-order valence-electron chi connectivity index (χ2n) is 3.47. The molecule has 0 fully saturated rings. The maximum atomic E-state index is 8.83. The van der Waals surface area contributed by atoms with Crippen molar-refractivity contribution in [2.45, 2.75) is 13.0 Å². The van der Waals surface area contributed by atoms with Gasteiger partial charge in [-0.15, -0.1) is 6.58 Å². The van der Waals surface area contributed by atoms with E-state index in [0.29, 0.717) is 5.56 Å². The Labute approximate surface area is 89.1 Å². The molecular weight excluding hydrogens is 184 g/mol. The fraction of sp³-hybridized carbons (Fsp3) is 0.154. The number of nitrogens with zero attached hydrogens (tertiary/aromatic N) is 2. The predicted molar refractivity (Wildman–Crippen MR) is 61.5 cm³/mol. The lowest BCUT2D eigenvalue weighted by Gasteiger charge is -2.02. The van der Waals surface area contributed by atoms with E-state index in [2.05, 4.69) is 29.5 Å². The number of aromatic nitrogens is 1. The lowest BCUT2D eigenvalue weighted by molar-refractivity contribution is 0.739. The van der Waals surface area contributed by atoms with Crippen LogP contribution in [0.2, 0.25) is 0 Å². The maximum Gasteiger partial charge on any atom is 0.0992 e. The first-order valence-electron chi connectivity index (χ1n) is 4.95. The Hall–Kier alpha value is -2.01. The van der Waals surface area contributed by atoms with E-state index >= 15 is 0 Å². The standard InChI is InChI=1S/C13H12N2/c1-2-3-7-15-8-6-12-5-4-11(10-14)9-13(12)15/h2,4-6,8-9H,1,3,7H2. The van der Waals surface area contributed by atoms with Crippen molar-refractivity contribution < 1.29 is 0 Å². The minimum atomic E-state index is 0.709. The van der Waals surface area contributed by atoms with Crippen LogP contribution in [0.3, 0.4) is 0 Å². The van der Waals surface area contributed by atoms with Gasteiger partial charge in [0.05, 0.1) is 11.6 Å². The summed E-state index contributed by atoms with van der Waals surface area (Å²) in [5, 5.41) is 10.0. The van der Waals surface area contributed by atoms with Gasteiger partial charge in [0, 0.05) is 18.3 Å². The summed E-state index contributed by atoms with van der Waals surface area (Å²) in [6, 6.07) is 9.99. The van der Waals surface area contributed by atoms with Gasteiger partial charge in [0.25, 0.3) is 0 Å². The summed E-state index contributed by atoms with van der Waals surface area (Å²) in [7, 11) is 0. The highest BCUT2D eigenvalue weighted by Gasteiger charge is 2.01.